The second-order valence-electron chi connectivity index (χ2n) is 5.04. The van der Waals surface area contributed by atoms with E-state index in [1.165, 1.54) is 11.3 Å². The van der Waals surface area contributed by atoms with E-state index in [0.717, 1.165) is 21.9 Å². The number of benzene rings is 1. The van der Waals surface area contributed by atoms with Crippen LogP contribution in [-0.2, 0) is 17.9 Å². The third-order valence-electron chi connectivity index (χ3n) is 3.56. The van der Waals surface area contributed by atoms with Gasteiger partial charge < -0.3 is 14.6 Å². The van der Waals surface area contributed by atoms with Crippen molar-refractivity contribution < 1.29 is 9.53 Å². The molecule has 0 aliphatic rings. The molecule has 0 spiro atoms. The maximum Gasteiger partial charge on any atom is 0.307 e. The molecular weight excluding hydrogens is 300 g/mol. The van der Waals surface area contributed by atoms with Crippen LogP contribution in [0.5, 0.6) is 5.75 Å². The van der Waals surface area contributed by atoms with Crippen molar-refractivity contribution in [1.29, 1.82) is 0 Å². The van der Waals surface area contributed by atoms with Gasteiger partial charge in [0.25, 0.3) is 0 Å². The lowest BCUT2D eigenvalue weighted by Gasteiger charge is -2.08. The number of aromatic nitrogens is 1. The number of rotatable bonds is 6. The molecule has 1 heterocycles. The zero-order valence-corrected chi connectivity index (χ0v) is 13.8. The van der Waals surface area contributed by atoms with Gasteiger partial charge in [0.1, 0.15) is 5.75 Å². The second kappa shape index (κ2) is 7.26. The normalized spacial score (nSPS) is 10.5. The fourth-order valence-corrected chi connectivity index (χ4v) is 2.99. The minimum absolute atomic E-state index is 0.00408. The van der Waals surface area contributed by atoms with E-state index in [1.807, 2.05) is 38.1 Å². The number of hydrogen-bond donors (Lipinski definition) is 1. The number of ether oxygens (including phenoxy) is 1. The van der Waals surface area contributed by atoms with Crippen molar-refractivity contribution in [3.05, 3.63) is 50.1 Å². The molecule has 0 fully saturated rings. The molecule has 6 heteroatoms. The summed E-state index contributed by atoms with van der Waals surface area (Å²) >= 11 is 1.22. The third kappa shape index (κ3) is 3.98. The average Bonchev–Trinajstić information content (AvgIpc) is 2.76. The number of carbonyl (C=O) groups is 1. The Kier molecular flexibility index (Phi) is 5.38. The highest BCUT2D eigenvalue weighted by atomic mass is 32.1. The molecule has 0 aliphatic heterocycles. The van der Waals surface area contributed by atoms with Crippen molar-refractivity contribution in [2.45, 2.75) is 33.4 Å². The van der Waals surface area contributed by atoms with Crippen molar-refractivity contribution in [2.24, 2.45) is 0 Å². The van der Waals surface area contributed by atoms with Gasteiger partial charge in [-0.2, -0.15) is 0 Å². The summed E-state index contributed by atoms with van der Waals surface area (Å²) in [5.74, 6) is 0.695. The molecule has 0 saturated heterocycles. The lowest BCUT2D eigenvalue weighted by atomic mass is 10.2. The Morgan fingerprint density at radius 1 is 1.36 bits per heavy atom. The van der Waals surface area contributed by atoms with E-state index in [2.05, 4.69) is 5.32 Å². The summed E-state index contributed by atoms with van der Waals surface area (Å²) in [7, 11) is 1.61. The predicted octanol–water partition coefficient (Wildman–Crippen LogP) is 2.24. The summed E-state index contributed by atoms with van der Waals surface area (Å²) in [6.07, 6.45) is 0.293. The highest BCUT2D eigenvalue weighted by molar-refractivity contribution is 7.09. The first-order valence-electron chi connectivity index (χ1n) is 7.07. The molecular formula is C16H20N2O3S. The largest absolute Gasteiger partial charge is 0.497 e. The highest BCUT2D eigenvalue weighted by Crippen LogP contribution is 2.12. The molecule has 2 aromatic rings. The van der Waals surface area contributed by atoms with Crippen LogP contribution in [0.15, 0.2) is 29.1 Å². The fraction of sp³-hybridized carbons (Fsp3) is 0.375. The lowest BCUT2D eigenvalue weighted by Crippen LogP contribution is -2.26. The van der Waals surface area contributed by atoms with E-state index < -0.39 is 0 Å². The minimum atomic E-state index is -0.0713. The van der Waals surface area contributed by atoms with Crippen LogP contribution in [0.1, 0.15) is 22.6 Å². The van der Waals surface area contributed by atoms with Gasteiger partial charge in [-0.3, -0.25) is 9.59 Å². The molecule has 22 heavy (non-hydrogen) atoms. The maximum absolute atomic E-state index is 11.9. The van der Waals surface area contributed by atoms with Crippen LogP contribution in [0.3, 0.4) is 0 Å². The van der Waals surface area contributed by atoms with E-state index in [0.29, 0.717) is 19.5 Å². The number of amides is 1. The Hall–Kier alpha value is -2.08. The lowest BCUT2D eigenvalue weighted by molar-refractivity contribution is -0.121. The van der Waals surface area contributed by atoms with Crippen molar-refractivity contribution in [3.63, 3.8) is 0 Å². The van der Waals surface area contributed by atoms with Gasteiger partial charge in [-0.15, -0.1) is 0 Å². The molecule has 0 saturated carbocycles. The van der Waals surface area contributed by atoms with Crippen molar-refractivity contribution in [1.82, 2.24) is 9.88 Å². The first kappa shape index (κ1) is 16.3. The zero-order valence-electron chi connectivity index (χ0n) is 13.0. The maximum atomic E-state index is 11.9. The Bertz CT molecular complexity index is 718. The summed E-state index contributed by atoms with van der Waals surface area (Å²) in [4.78, 5) is 24.7. The molecule has 5 nitrogen and oxygen atoms in total. The molecule has 0 radical (unpaired) electrons. The highest BCUT2D eigenvalue weighted by Gasteiger charge is 2.09. The summed E-state index contributed by atoms with van der Waals surface area (Å²) in [5, 5.41) is 2.86. The molecule has 0 aliphatic carbocycles. The van der Waals surface area contributed by atoms with E-state index in [9.17, 15) is 9.59 Å². The van der Waals surface area contributed by atoms with Gasteiger partial charge >= 0.3 is 4.87 Å². The van der Waals surface area contributed by atoms with E-state index in [1.54, 1.807) is 11.7 Å². The zero-order chi connectivity index (χ0) is 16.1. The molecule has 0 bridgehead atoms. The number of carbonyl (C=O) groups excluding carboxylic acids is 1. The van der Waals surface area contributed by atoms with E-state index in [-0.39, 0.29) is 10.8 Å². The standard InChI is InChI=1S/C16H20N2O3S/c1-11-12(2)22-16(20)18(11)8-7-15(19)17-10-13-5-4-6-14(9-13)21-3/h4-6,9H,7-8,10H2,1-3H3,(H,17,19). The average molecular weight is 320 g/mol. The summed E-state index contributed by atoms with van der Waals surface area (Å²) in [6, 6.07) is 7.56. The smallest absolute Gasteiger partial charge is 0.307 e. The third-order valence-corrected chi connectivity index (χ3v) is 4.56. The topological polar surface area (TPSA) is 60.3 Å². The Morgan fingerprint density at radius 3 is 2.77 bits per heavy atom. The van der Waals surface area contributed by atoms with E-state index in [4.69, 9.17) is 4.74 Å². The van der Waals surface area contributed by atoms with Gasteiger partial charge in [0.15, 0.2) is 0 Å². The van der Waals surface area contributed by atoms with Crippen LogP contribution in [0.4, 0.5) is 0 Å². The van der Waals surface area contributed by atoms with Crippen LogP contribution < -0.4 is 14.9 Å². The van der Waals surface area contributed by atoms with Gasteiger partial charge in [0, 0.05) is 30.1 Å². The monoisotopic (exact) mass is 320 g/mol. The fourth-order valence-electron chi connectivity index (χ4n) is 2.13. The minimum Gasteiger partial charge on any atom is -0.497 e. The van der Waals surface area contributed by atoms with Crippen LogP contribution in [0.2, 0.25) is 0 Å². The Balaban J connectivity index is 1.87. The van der Waals surface area contributed by atoms with E-state index >= 15 is 0 Å². The number of nitrogens with one attached hydrogen (secondary N) is 1. The van der Waals surface area contributed by atoms with Gasteiger partial charge in [0.2, 0.25) is 5.91 Å². The molecule has 1 aromatic carbocycles. The molecule has 1 N–H and O–H groups in total. The molecule has 1 amide bonds. The SMILES string of the molecule is COc1cccc(CNC(=O)CCn2c(C)c(C)sc2=O)c1. The number of thiazole rings is 1. The second-order valence-corrected chi connectivity index (χ2v) is 6.21. The molecule has 0 atom stereocenters. The van der Waals surface area contributed by atoms with Crippen LogP contribution in [0.25, 0.3) is 0 Å². The van der Waals surface area contributed by atoms with Crippen LogP contribution >= 0.6 is 11.3 Å². The van der Waals surface area contributed by atoms with Crippen molar-refractivity contribution in [2.75, 3.05) is 7.11 Å². The van der Waals surface area contributed by atoms with Crippen LogP contribution in [0, 0.1) is 13.8 Å². The molecule has 118 valence electrons. The summed E-state index contributed by atoms with van der Waals surface area (Å²) < 4.78 is 6.80. The first-order valence-corrected chi connectivity index (χ1v) is 7.89. The van der Waals surface area contributed by atoms with Gasteiger partial charge in [-0.1, -0.05) is 23.5 Å². The quantitative estimate of drug-likeness (QED) is 0.888. The Labute approximate surface area is 133 Å². The predicted molar refractivity (Wildman–Crippen MR) is 87.5 cm³/mol. The van der Waals surface area contributed by atoms with Gasteiger partial charge in [-0.25, -0.2) is 0 Å². The van der Waals surface area contributed by atoms with Gasteiger partial charge in [0.05, 0.1) is 7.11 Å². The first-order chi connectivity index (χ1) is 10.5. The van der Waals surface area contributed by atoms with Crippen LogP contribution in [-0.4, -0.2) is 17.6 Å². The summed E-state index contributed by atoms with van der Waals surface area (Å²) in [6.45, 7) is 4.69. The van der Waals surface area contributed by atoms with Crippen molar-refractivity contribution in [3.8, 4) is 5.75 Å². The van der Waals surface area contributed by atoms with Gasteiger partial charge in [-0.05, 0) is 31.5 Å². The number of aryl methyl sites for hydroxylation is 1. The number of hydrogen-bond acceptors (Lipinski definition) is 4. The number of methoxy groups -OCH3 is 1. The Morgan fingerprint density at radius 2 is 2.14 bits per heavy atom. The summed E-state index contributed by atoms with van der Waals surface area (Å²) in [5.41, 5.74) is 1.92. The van der Waals surface area contributed by atoms with Crippen molar-refractivity contribution >= 4 is 17.2 Å². The molecule has 1 aromatic heterocycles. The number of nitrogens with zero attached hydrogens (tertiary/aromatic N) is 1. The molecule has 2 rings (SSSR count). The molecule has 0 unspecified atom stereocenters.